The second-order valence-corrected chi connectivity index (χ2v) is 5.46. The van der Waals surface area contributed by atoms with Crippen LogP contribution in [0.3, 0.4) is 0 Å². The number of nitrogens with one attached hydrogen (secondary N) is 1. The van der Waals surface area contributed by atoms with E-state index in [-0.39, 0.29) is 41.7 Å². The van der Waals surface area contributed by atoms with Gasteiger partial charge in [-0.2, -0.15) is 13.9 Å². The molecule has 0 aliphatic heterocycles. The van der Waals surface area contributed by atoms with Crippen molar-refractivity contribution in [2.24, 2.45) is 0 Å². The van der Waals surface area contributed by atoms with Gasteiger partial charge in [-0.15, -0.1) is 0 Å². The number of ether oxygens (including phenoxy) is 2. The summed E-state index contributed by atoms with van der Waals surface area (Å²) in [5, 5.41) is 17.6. The molecule has 0 saturated carbocycles. The summed E-state index contributed by atoms with van der Waals surface area (Å²) in [6.45, 7) is 1.61. The quantitative estimate of drug-likeness (QED) is 0.553. The van der Waals surface area contributed by atoms with Gasteiger partial charge >= 0.3 is 12.3 Å². The lowest BCUT2D eigenvalue weighted by atomic mass is 10.2. The molecule has 2 aromatic rings. The fraction of sp³-hybridized carbons (Fsp3) is 0.375. The van der Waals surface area contributed by atoms with Crippen LogP contribution in [0.5, 0.6) is 11.5 Å². The van der Waals surface area contributed by atoms with Gasteiger partial charge in [0.15, 0.2) is 11.5 Å². The minimum Gasteiger partial charge on any atom is -0.490 e. The molecule has 0 saturated heterocycles. The third kappa shape index (κ3) is 4.90. The number of alkyl halides is 2. The number of carbonyl (C=O) groups excluding carboxylic acids is 1. The van der Waals surface area contributed by atoms with Crippen molar-refractivity contribution in [1.82, 2.24) is 9.78 Å². The number of anilines is 1. The Morgan fingerprint density at radius 3 is 2.63 bits per heavy atom. The summed E-state index contributed by atoms with van der Waals surface area (Å²) in [4.78, 5) is 22.7. The summed E-state index contributed by atoms with van der Waals surface area (Å²) >= 11 is 0. The normalized spacial score (nSPS) is 10.7. The van der Waals surface area contributed by atoms with Crippen molar-refractivity contribution in [1.29, 1.82) is 0 Å². The van der Waals surface area contributed by atoms with E-state index in [4.69, 9.17) is 4.74 Å². The van der Waals surface area contributed by atoms with Gasteiger partial charge in [-0.05, 0) is 32.9 Å². The molecule has 2 rings (SSSR count). The number of benzene rings is 1. The van der Waals surface area contributed by atoms with Crippen LogP contribution in [0.4, 0.5) is 20.2 Å². The number of carbonyl (C=O) groups is 1. The van der Waals surface area contributed by atoms with E-state index < -0.39 is 17.4 Å². The van der Waals surface area contributed by atoms with E-state index in [0.717, 1.165) is 0 Å². The van der Waals surface area contributed by atoms with Crippen LogP contribution in [0.1, 0.15) is 18.3 Å². The van der Waals surface area contributed by atoms with Crippen molar-refractivity contribution < 1.29 is 28.0 Å². The molecular weight excluding hydrogens is 366 g/mol. The number of hydrogen-bond donors (Lipinski definition) is 1. The van der Waals surface area contributed by atoms with Crippen molar-refractivity contribution in [3.63, 3.8) is 0 Å². The summed E-state index contributed by atoms with van der Waals surface area (Å²) < 4.78 is 35.7. The summed E-state index contributed by atoms with van der Waals surface area (Å²) in [6, 6.07) is 3.98. The van der Waals surface area contributed by atoms with Gasteiger partial charge in [0, 0.05) is 11.8 Å². The van der Waals surface area contributed by atoms with E-state index >= 15 is 0 Å². The van der Waals surface area contributed by atoms with Crippen LogP contribution < -0.4 is 14.8 Å². The molecule has 1 aromatic heterocycles. The maximum atomic E-state index is 12.4. The van der Waals surface area contributed by atoms with Gasteiger partial charge in [0.05, 0.1) is 11.5 Å². The first-order valence-electron chi connectivity index (χ1n) is 7.92. The second-order valence-electron chi connectivity index (χ2n) is 5.46. The zero-order valence-corrected chi connectivity index (χ0v) is 14.9. The molecule has 1 heterocycles. The average Bonchev–Trinajstić information content (AvgIpc) is 2.83. The van der Waals surface area contributed by atoms with Crippen LogP contribution >= 0.6 is 0 Å². The van der Waals surface area contributed by atoms with Gasteiger partial charge in [-0.25, -0.2) is 0 Å². The zero-order chi connectivity index (χ0) is 20.1. The SMILES string of the molecule is CCOc1cc(NC(=O)Cn2nc(C)c([N+](=O)[O-])c2C)ccc1OC(F)F. The third-order valence-electron chi connectivity index (χ3n) is 3.56. The smallest absolute Gasteiger partial charge is 0.387 e. The predicted octanol–water partition coefficient (Wildman–Crippen LogP) is 3.05. The Kier molecular flexibility index (Phi) is 6.27. The van der Waals surface area contributed by atoms with Gasteiger partial charge in [-0.1, -0.05) is 0 Å². The highest BCUT2D eigenvalue weighted by Gasteiger charge is 2.23. The molecule has 27 heavy (non-hydrogen) atoms. The molecule has 146 valence electrons. The highest BCUT2D eigenvalue weighted by molar-refractivity contribution is 5.91. The van der Waals surface area contributed by atoms with Crippen molar-refractivity contribution >= 4 is 17.3 Å². The molecule has 0 aliphatic rings. The van der Waals surface area contributed by atoms with Crippen LogP contribution in [0.25, 0.3) is 0 Å². The maximum absolute atomic E-state index is 12.4. The molecule has 0 fully saturated rings. The maximum Gasteiger partial charge on any atom is 0.387 e. The van der Waals surface area contributed by atoms with Gasteiger partial charge in [0.25, 0.3) is 0 Å². The summed E-state index contributed by atoms with van der Waals surface area (Å²) in [5.74, 6) is -0.600. The molecule has 1 aromatic carbocycles. The van der Waals surface area contributed by atoms with E-state index in [9.17, 15) is 23.7 Å². The number of amides is 1. The molecule has 0 unspecified atom stereocenters. The minimum atomic E-state index is -3.01. The number of rotatable bonds is 8. The van der Waals surface area contributed by atoms with E-state index in [1.807, 2.05) is 0 Å². The Morgan fingerprint density at radius 1 is 1.37 bits per heavy atom. The molecule has 0 bridgehead atoms. The lowest BCUT2D eigenvalue weighted by Gasteiger charge is -2.13. The Bertz CT molecular complexity index is 854. The molecule has 1 N–H and O–H groups in total. The first-order valence-corrected chi connectivity index (χ1v) is 7.92. The number of aromatic nitrogens is 2. The summed E-state index contributed by atoms with van der Waals surface area (Å²) in [7, 11) is 0. The monoisotopic (exact) mass is 384 g/mol. The van der Waals surface area contributed by atoms with Crippen LogP contribution in [0.2, 0.25) is 0 Å². The standard InChI is InChI=1S/C16H18F2N4O5/c1-4-26-13-7-11(5-6-12(13)27-16(17)18)19-14(23)8-21-10(3)15(22(24)25)9(2)20-21/h5-7,16H,4,8H2,1-3H3,(H,19,23). The number of nitro groups is 1. The van der Waals surface area contributed by atoms with Crippen molar-refractivity contribution in [3.05, 3.63) is 39.7 Å². The van der Waals surface area contributed by atoms with Gasteiger partial charge in [-0.3, -0.25) is 19.6 Å². The van der Waals surface area contributed by atoms with Gasteiger partial charge in [0.1, 0.15) is 17.9 Å². The van der Waals surface area contributed by atoms with E-state index in [1.54, 1.807) is 6.92 Å². The topological polar surface area (TPSA) is 109 Å². The number of aryl methyl sites for hydroxylation is 1. The number of halogens is 2. The number of hydrogen-bond acceptors (Lipinski definition) is 6. The third-order valence-corrected chi connectivity index (χ3v) is 3.56. The zero-order valence-electron chi connectivity index (χ0n) is 14.9. The van der Waals surface area contributed by atoms with Crippen molar-refractivity contribution in [2.45, 2.75) is 33.9 Å². The molecule has 1 amide bonds. The Hall–Kier alpha value is -3.24. The van der Waals surface area contributed by atoms with E-state index in [0.29, 0.717) is 5.69 Å². The summed E-state index contributed by atoms with van der Waals surface area (Å²) in [5.41, 5.74) is 0.608. The Balaban J connectivity index is 2.15. The second kappa shape index (κ2) is 8.43. The molecule has 0 atom stereocenters. The first-order chi connectivity index (χ1) is 12.7. The lowest BCUT2D eigenvalue weighted by molar-refractivity contribution is -0.386. The molecule has 0 aliphatic carbocycles. The van der Waals surface area contributed by atoms with E-state index in [1.165, 1.54) is 36.7 Å². The average molecular weight is 384 g/mol. The van der Waals surface area contributed by atoms with Crippen LogP contribution in [0.15, 0.2) is 18.2 Å². The molecule has 9 nitrogen and oxygen atoms in total. The largest absolute Gasteiger partial charge is 0.490 e. The highest BCUT2D eigenvalue weighted by atomic mass is 19.3. The van der Waals surface area contributed by atoms with Crippen molar-refractivity contribution in [2.75, 3.05) is 11.9 Å². The van der Waals surface area contributed by atoms with Gasteiger partial charge in [0.2, 0.25) is 5.91 Å². The van der Waals surface area contributed by atoms with Crippen molar-refractivity contribution in [3.8, 4) is 11.5 Å². The van der Waals surface area contributed by atoms with Gasteiger partial charge < -0.3 is 14.8 Å². The van der Waals surface area contributed by atoms with Crippen LogP contribution in [-0.2, 0) is 11.3 Å². The molecule has 0 radical (unpaired) electrons. The molecule has 11 heteroatoms. The number of nitrogens with zero attached hydrogens (tertiary/aromatic N) is 3. The van der Waals surface area contributed by atoms with E-state index in [2.05, 4.69) is 15.2 Å². The molecular formula is C16H18F2N4O5. The van der Waals surface area contributed by atoms with Crippen LogP contribution in [0, 0.1) is 24.0 Å². The minimum absolute atomic E-state index is 0.0531. The highest BCUT2D eigenvalue weighted by Crippen LogP contribution is 2.32. The lowest BCUT2D eigenvalue weighted by Crippen LogP contribution is -2.20. The summed E-state index contributed by atoms with van der Waals surface area (Å²) in [6.07, 6.45) is 0. The predicted molar refractivity (Wildman–Crippen MR) is 91.2 cm³/mol. The molecule has 0 spiro atoms. The Labute approximate surface area is 153 Å². The first kappa shape index (κ1) is 20.1. The fourth-order valence-electron chi connectivity index (χ4n) is 2.49. The van der Waals surface area contributed by atoms with Crippen LogP contribution in [-0.4, -0.2) is 33.8 Å². The fourth-order valence-corrected chi connectivity index (χ4v) is 2.49. The Morgan fingerprint density at radius 2 is 2.07 bits per heavy atom.